The number of hydrogen-bond donors (Lipinski definition) is 1. The molecular weight excluding hydrogens is 338 g/mol. The highest BCUT2D eigenvalue weighted by atomic mass is 16.2. The summed E-state index contributed by atoms with van der Waals surface area (Å²) in [6.07, 6.45) is 0.144. The summed E-state index contributed by atoms with van der Waals surface area (Å²) in [5, 5.41) is 11.9. The molecule has 0 heterocycles. The van der Waals surface area contributed by atoms with E-state index in [1.165, 1.54) is 6.92 Å². The predicted octanol–water partition coefficient (Wildman–Crippen LogP) is 4.37. The van der Waals surface area contributed by atoms with Gasteiger partial charge >= 0.3 is 0 Å². The van der Waals surface area contributed by atoms with E-state index < -0.39 is 0 Å². The first kappa shape index (κ1) is 20.2. The molecule has 5 nitrogen and oxygen atoms in total. The second-order valence-corrected chi connectivity index (χ2v) is 6.79. The van der Waals surface area contributed by atoms with Crippen molar-refractivity contribution >= 4 is 23.2 Å². The highest BCUT2D eigenvalue weighted by molar-refractivity contribution is 5.96. The van der Waals surface area contributed by atoms with E-state index in [-0.39, 0.29) is 30.7 Å². The summed E-state index contributed by atoms with van der Waals surface area (Å²) < 4.78 is 0. The Morgan fingerprint density at radius 3 is 2.48 bits per heavy atom. The van der Waals surface area contributed by atoms with Crippen molar-refractivity contribution in [2.24, 2.45) is 0 Å². The van der Waals surface area contributed by atoms with Gasteiger partial charge in [-0.15, -0.1) is 0 Å². The highest BCUT2D eigenvalue weighted by Crippen LogP contribution is 2.31. The average molecular weight is 363 g/mol. The molecule has 0 radical (unpaired) electrons. The Hall–Kier alpha value is -3.13. The van der Waals surface area contributed by atoms with E-state index in [0.717, 1.165) is 16.8 Å². The fourth-order valence-corrected chi connectivity index (χ4v) is 3.06. The molecule has 140 valence electrons. The summed E-state index contributed by atoms with van der Waals surface area (Å²) in [6.45, 7) is 7.94. The standard InChI is InChI=1S/C22H25N3O2/c1-15(2)19-10-7-8-16(3)22(19)25(17(4)26)13-12-21(27)24-20-11-6-5-9-18(20)14-23/h5-11,15H,12-13H2,1-4H3,(H,24,27). The second kappa shape index (κ2) is 9.00. The minimum Gasteiger partial charge on any atom is -0.325 e. The highest BCUT2D eigenvalue weighted by Gasteiger charge is 2.20. The van der Waals surface area contributed by atoms with Crippen LogP contribution in [-0.4, -0.2) is 18.4 Å². The summed E-state index contributed by atoms with van der Waals surface area (Å²) in [4.78, 5) is 26.3. The summed E-state index contributed by atoms with van der Waals surface area (Å²) in [6, 6.07) is 14.9. The third kappa shape index (κ3) is 4.95. The maximum Gasteiger partial charge on any atom is 0.226 e. The van der Waals surface area contributed by atoms with Crippen LogP contribution in [0.4, 0.5) is 11.4 Å². The van der Waals surface area contributed by atoms with E-state index in [2.05, 4.69) is 25.2 Å². The average Bonchev–Trinajstić information content (AvgIpc) is 2.63. The first-order valence-electron chi connectivity index (χ1n) is 9.01. The molecule has 2 rings (SSSR count). The number of nitrogens with zero attached hydrogens (tertiary/aromatic N) is 2. The summed E-state index contributed by atoms with van der Waals surface area (Å²) >= 11 is 0. The Morgan fingerprint density at radius 2 is 1.85 bits per heavy atom. The molecule has 2 aromatic carbocycles. The number of aryl methyl sites for hydroxylation is 1. The number of benzene rings is 2. The van der Waals surface area contributed by atoms with Crippen molar-refractivity contribution < 1.29 is 9.59 Å². The van der Waals surface area contributed by atoms with Crippen molar-refractivity contribution in [2.75, 3.05) is 16.8 Å². The van der Waals surface area contributed by atoms with E-state index in [4.69, 9.17) is 5.26 Å². The molecule has 0 spiro atoms. The summed E-state index contributed by atoms with van der Waals surface area (Å²) in [5.41, 5.74) is 3.87. The Bertz CT molecular complexity index is 881. The van der Waals surface area contributed by atoms with Gasteiger partial charge in [0, 0.05) is 25.6 Å². The number of nitriles is 1. The third-order valence-corrected chi connectivity index (χ3v) is 4.43. The molecule has 0 bridgehead atoms. The zero-order valence-electron chi connectivity index (χ0n) is 16.2. The molecule has 2 amide bonds. The molecule has 5 heteroatoms. The van der Waals surface area contributed by atoms with Crippen LogP contribution in [0.1, 0.15) is 49.8 Å². The normalized spacial score (nSPS) is 10.4. The van der Waals surface area contributed by atoms with Crippen LogP contribution < -0.4 is 10.2 Å². The van der Waals surface area contributed by atoms with E-state index >= 15 is 0 Å². The molecule has 2 aromatic rings. The monoisotopic (exact) mass is 363 g/mol. The lowest BCUT2D eigenvalue weighted by atomic mass is 9.97. The van der Waals surface area contributed by atoms with Crippen molar-refractivity contribution in [3.63, 3.8) is 0 Å². The van der Waals surface area contributed by atoms with E-state index in [0.29, 0.717) is 11.3 Å². The molecule has 0 saturated heterocycles. The number of hydrogen-bond acceptors (Lipinski definition) is 3. The lowest BCUT2D eigenvalue weighted by Gasteiger charge is -2.27. The van der Waals surface area contributed by atoms with E-state index in [1.54, 1.807) is 29.2 Å². The number of rotatable bonds is 6. The van der Waals surface area contributed by atoms with Gasteiger partial charge in [-0.2, -0.15) is 5.26 Å². The molecule has 27 heavy (non-hydrogen) atoms. The number of para-hydroxylation sites is 2. The van der Waals surface area contributed by atoms with Crippen LogP contribution in [0.2, 0.25) is 0 Å². The number of amides is 2. The van der Waals surface area contributed by atoms with Crippen LogP contribution in [0, 0.1) is 18.3 Å². The fraction of sp³-hybridized carbons (Fsp3) is 0.318. The van der Waals surface area contributed by atoms with Crippen LogP contribution in [0.25, 0.3) is 0 Å². The summed E-state index contributed by atoms with van der Waals surface area (Å²) in [5.74, 6) is -0.0712. The third-order valence-electron chi connectivity index (χ3n) is 4.43. The Kier molecular flexibility index (Phi) is 6.73. The van der Waals surface area contributed by atoms with Crippen molar-refractivity contribution in [1.29, 1.82) is 5.26 Å². The smallest absolute Gasteiger partial charge is 0.226 e. The van der Waals surface area contributed by atoms with Gasteiger partial charge in [-0.3, -0.25) is 9.59 Å². The lowest BCUT2D eigenvalue weighted by Crippen LogP contribution is -2.33. The zero-order valence-corrected chi connectivity index (χ0v) is 16.2. The predicted molar refractivity (Wildman–Crippen MR) is 108 cm³/mol. The summed E-state index contributed by atoms with van der Waals surface area (Å²) in [7, 11) is 0. The molecule has 0 saturated carbocycles. The number of anilines is 2. The van der Waals surface area contributed by atoms with E-state index in [9.17, 15) is 9.59 Å². The molecule has 0 aliphatic carbocycles. The maximum atomic E-state index is 12.4. The van der Waals surface area contributed by atoms with Crippen LogP contribution in [-0.2, 0) is 9.59 Å². The number of nitrogens with one attached hydrogen (secondary N) is 1. The van der Waals surface area contributed by atoms with Crippen LogP contribution in [0.15, 0.2) is 42.5 Å². The molecule has 0 fully saturated rings. The minimum atomic E-state index is -0.233. The minimum absolute atomic E-state index is 0.101. The van der Waals surface area contributed by atoms with Gasteiger partial charge in [0.25, 0.3) is 0 Å². The maximum absolute atomic E-state index is 12.4. The molecule has 0 atom stereocenters. The van der Waals surface area contributed by atoms with Gasteiger partial charge in [-0.25, -0.2) is 0 Å². The van der Waals surface area contributed by atoms with Gasteiger partial charge < -0.3 is 10.2 Å². The van der Waals surface area contributed by atoms with E-state index in [1.807, 2.05) is 25.1 Å². The Morgan fingerprint density at radius 1 is 1.15 bits per heavy atom. The molecular formula is C22H25N3O2. The van der Waals surface area contributed by atoms with Crippen molar-refractivity contribution in [3.05, 3.63) is 59.2 Å². The lowest BCUT2D eigenvalue weighted by molar-refractivity contribution is -0.117. The molecule has 0 unspecified atom stereocenters. The largest absolute Gasteiger partial charge is 0.325 e. The van der Waals surface area contributed by atoms with Gasteiger partial charge in [0.05, 0.1) is 11.3 Å². The number of carbonyl (C=O) groups is 2. The quantitative estimate of drug-likeness (QED) is 0.828. The van der Waals surface area contributed by atoms with Gasteiger partial charge in [0.2, 0.25) is 11.8 Å². The molecule has 1 N–H and O–H groups in total. The topological polar surface area (TPSA) is 73.2 Å². The van der Waals surface area contributed by atoms with Crippen LogP contribution in [0.5, 0.6) is 0 Å². The van der Waals surface area contributed by atoms with Gasteiger partial charge in [-0.1, -0.05) is 44.2 Å². The van der Waals surface area contributed by atoms with Gasteiger partial charge in [-0.05, 0) is 36.1 Å². The van der Waals surface area contributed by atoms with Crippen LogP contribution in [0.3, 0.4) is 0 Å². The van der Waals surface area contributed by atoms with Crippen LogP contribution >= 0.6 is 0 Å². The Labute approximate surface area is 160 Å². The Balaban J connectivity index is 2.18. The number of carbonyl (C=O) groups excluding carboxylic acids is 2. The fourth-order valence-electron chi connectivity index (χ4n) is 3.06. The molecule has 0 aliphatic heterocycles. The molecule has 0 aromatic heterocycles. The van der Waals surface area contributed by atoms with Gasteiger partial charge in [0.1, 0.15) is 6.07 Å². The van der Waals surface area contributed by atoms with Gasteiger partial charge in [0.15, 0.2) is 0 Å². The van der Waals surface area contributed by atoms with Crippen molar-refractivity contribution in [3.8, 4) is 6.07 Å². The first-order valence-corrected chi connectivity index (χ1v) is 9.01. The zero-order chi connectivity index (χ0) is 20.0. The van der Waals surface area contributed by atoms with Crippen molar-refractivity contribution in [1.82, 2.24) is 0 Å². The first-order chi connectivity index (χ1) is 12.8. The molecule has 0 aliphatic rings. The SMILES string of the molecule is CC(=O)N(CCC(=O)Nc1ccccc1C#N)c1c(C)cccc1C(C)C. The second-order valence-electron chi connectivity index (χ2n) is 6.79. The van der Waals surface area contributed by atoms with Crippen molar-refractivity contribution in [2.45, 2.75) is 40.0 Å².